The summed E-state index contributed by atoms with van der Waals surface area (Å²) in [5, 5.41) is 46.7. The number of nitrogens with one attached hydrogen (secondary N) is 2. The van der Waals surface area contributed by atoms with E-state index in [9.17, 15) is 35.0 Å². The summed E-state index contributed by atoms with van der Waals surface area (Å²) >= 11 is 0. The van der Waals surface area contributed by atoms with Crippen molar-refractivity contribution >= 4 is 34.9 Å². The zero-order valence-corrected chi connectivity index (χ0v) is 39.2. The Labute approximate surface area is 378 Å². The predicted octanol–water partition coefficient (Wildman–Crippen LogP) is 13.5. The number of rotatable bonds is 32. The van der Waals surface area contributed by atoms with Crippen LogP contribution in [0.4, 0.5) is 17.1 Å². The van der Waals surface area contributed by atoms with Crippen LogP contribution in [-0.2, 0) is 25.2 Å². The highest BCUT2D eigenvalue weighted by atomic mass is 16.4. The van der Waals surface area contributed by atoms with Gasteiger partial charge >= 0.3 is 11.9 Å². The summed E-state index contributed by atoms with van der Waals surface area (Å²) in [6.07, 6.45) is 30.3. The van der Waals surface area contributed by atoms with Crippen molar-refractivity contribution in [2.24, 2.45) is 0 Å². The highest BCUT2D eigenvalue weighted by Gasteiger charge is 2.46. The fourth-order valence-electron chi connectivity index (χ4n) is 9.05. The van der Waals surface area contributed by atoms with Gasteiger partial charge in [-0.2, -0.15) is 5.26 Å². The number of nitrogens with zero attached hydrogens (tertiary/aromatic N) is 2. The number of aliphatic carboxylic acids is 2. The lowest BCUT2D eigenvalue weighted by molar-refractivity contribution is -0.137. The fraction of sp³-hybridized carbons (Fsp3) is 0.585. The van der Waals surface area contributed by atoms with Crippen LogP contribution in [0.15, 0.2) is 72.0 Å². The molecular formula is C53H78N4O6. The number of fused-ring (bicyclic) bond motifs is 1. The minimum absolute atomic E-state index is 0.0430. The lowest BCUT2D eigenvalue weighted by atomic mass is 9.71. The van der Waals surface area contributed by atoms with Crippen molar-refractivity contribution in [3.05, 3.63) is 83.1 Å². The molecule has 1 amide bonds. The Balaban J connectivity index is 2.02. The Hall–Kier alpha value is -5.04. The van der Waals surface area contributed by atoms with Crippen molar-refractivity contribution in [1.82, 2.24) is 0 Å². The lowest BCUT2D eigenvalue weighted by Gasteiger charge is -2.34. The van der Waals surface area contributed by atoms with Crippen LogP contribution in [0.2, 0.25) is 0 Å². The molecule has 10 heteroatoms. The third kappa shape index (κ3) is 17.6. The van der Waals surface area contributed by atoms with Crippen LogP contribution >= 0.6 is 0 Å². The molecule has 0 spiro atoms. The average molecular weight is 867 g/mol. The van der Waals surface area contributed by atoms with Gasteiger partial charge in [0.1, 0.15) is 5.75 Å². The third-order valence-electron chi connectivity index (χ3n) is 12.5. The van der Waals surface area contributed by atoms with E-state index in [1.807, 2.05) is 48.6 Å². The maximum Gasteiger partial charge on any atom is 0.305 e. The first-order valence-electron chi connectivity index (χ1n) is 24.0. The molecule has 1 unspecified atom stereocenters. The van der Waals surface area contributed by atoms with Crippen molar-refractivity contribution in [2.75, 3.05) is 28.6 Å². The summed E-state index contributed by atoms with van der Waals surface area (Å²) in [7, 11) is 0. The van der Waals surface area contributed by atoms with Gasteiger partial charge in [-0.05, 0) is 90.4 Å². The summed E-state index contributed by atoms with van der Waals surface area (Å²) < 4.78 is 0. The van der Waals surface area contributed by atoms with Gasteiger partial charge in [-0.25, -0.2) is 0 Å². The highest BCUT2D eigenvalue weighted by Crippen LogP contribution is 2.54. The van der Waals surface area contributed by atoms with E-state index in [4.69, 9.17) is 0 Å². The first-order valence-corrected chi connectivity index (χ1v) is 24.0. The first-order chi connectivity index (χ1) is 30.3. The number of unbranched alkanes of at least 4 members (excludes halogenated alkanes) is 15. The van der Waals surface area contributed by atoms with Crippen LogP contribution in [0, 0.1) is 11.3 Å². The second-order valence-corrected chi connectivity index (χ2v) is 18.2. The van der Waals surface area contributed by atoms with Crippen LogP contribution in [-0.4, -0.2) is 46.3 Å². The van der Waals surface area contributed by atoms with Crippen LogP contribution in [0.3, 0.4) is 0 Å². The Morgan fingerprint density at radius 2 is 1.37 bits per heavy atom. The minimum Gasteiger partial charge on any atom is -0.508 e. The molecule has 1 aliphatic rings. The Morgan fingerprint density at radius 1 is 0.794 bits per heavy atom. The molecule has 5 N–H and O–H groups in total. The quantitative estimate of drug-likeness (QED) is 0.0274. The Bertz CT molecular complexity index is 1890. The van der Waals surface area contributed by atoms with E-state index >= 15 is 0 Å². The number of aromatic hydroxyl groups is 1. The number of hydrogen-bond donors (Lipinski definition) is 5. The molecule has 3 rings (SSSR count). The number of hydrogen-bond acceptors (Lipinski definition) is 7. The summed E-state index contributed by atoms with van der Waals surface area (Å²) in [5.74, 6) is -1.77. The standard InChI is InChI=1S/C53H78N4O6/c1-6-8-10-12-14-16-18-20-22-35-53(34-21-19-17-15-13-11-9-7-2)46-39-44(59)27-29-48(46)57(37-32-51(62)63)49(53)30-25-42(40-54)24-23-33-52(4,5)45-38-43(56-41(3)58)26-28-47(45)55-36-31-50(60)61/h23-30,38-39,55,59H,6-22,31-37H2,1-5H3,(H,56,58)(H,60,61)(H,62,63)/b24-23+,42-25-,49-30+. The molecule has 1 aliphatic heterocycles. The molecule has 0 fully saturated rings. The van der Waals surface area contributed by atoms with Crippen LogP contribution in [0.5, 0.6) is 5.75 Å². The summed E-state index contributed by atoms with van der Waals surface area (Å²) in [6.45, 7) is 10.6. The number of benzene rings is 2. The number of phenols is 1. The molecule has 0 aliphatic carbocycles. The number of carboxylic acids is 2. The number of phenolic OH excluding ortho intramolecular Hbond substituents is 1. The van der Waals surface area contributed by atoms with E-state index in [1.54, 1.807) is 12.1 Å². The molecule has 1 atom stereocenters. The van der Waals surface area contributed by atoms with Gasteiger partial charge < -0.3 is 30.9 Å². The van der Waals surface area contributed by atoms with Gasteiger partial charge in [-0.15, -0.1) is 0 Å². The van der Waals surface area contributed by atoms with E-state index in [2.05, 4.69) is 49.3 Å². The van der Waals surface area contributed by atoms with Crippen molar-refractivity contribution in [3.8, 4) is 11.8 Å². The number of carbonyl (C=O) groups is 3. The van der Waals surface area contributed by atoms with E-state index in [-0.39, 0.29) is 37.6 Å². The number of carbonyl (C=O) groups excluding carboxylic acids is 1. The normalized spacial score (nSPS) is 15.8. The molecule has 2 aromatic carbocycles. The largest absolute Gasteiger partial charge is 0.508 e. The molecule has 0 aromatic heterocycles. The van der Waals surface area contributed by atoms with Crippen molar-refractivity contribution < 1.29 is 29.7 Å². The maximum absolute atomic E-state index is 12.1. The molecule has 0 saturated heterocycles. The number of amides is 1. The lowest BCUT2D eigenvalue weighted by Crippen LogP contribution is -2.32. The van der Waals surface area contributed by atoms with Crippen LogP contribution in [0.25, 0.3) is 0 Å². The van der Waals surface area contributed by atoms with Crippen molar-refractivity contribution in [2.45, 2.75) is 187 Å². The topological polar surface area (TPSA) is 163 Å². The number of allylic oxidation sites excluding steroid dienone is 6. The molecule has 0 saturated carbocycles. The molecule has 2 aromatic rings. The summed E-state index contributed by atoms with van der Waals surface area (Å²) in [6, 6.07) is 13.4. The van der Waals surface area contributed by atoms with Gasteiger partial charge in [-0.3, -0.25) is 14.4 Å². The van der Waals surface area contributed by atoms with E-state index in [0.29, 0.717) is 17.7 Å². The number of anilines is 3. The Kier molecular flexibility index (Phi) is 23.2. The average Bonchev–Trinajstić information content (AvgIpc) is 3.48. The highest BCUT2D eigenvalue weighted by molar-refractivity contribution is 5.89. The first kappa shape index (κ1) is 52.3. The molecule has 0 bridgehead atoms. The molecular weight excluding hydrogens is 789 g/mol. The van der Waals surface area contributed by atoms with E-state index in [0.717, 1.165) is 66.7 Å². The minimum atomic E-state index is -0.898. The zero-order chi connectivity index (χ0) is 46.1. The van der Waals surface area contributed by atoms with Gasteiger partial charge in [-0.1, -0.05) is 143 Å². The molecule has 10 nitrogen and oxygen atoms in total. The van der Waals surface area contributed by atoms with Gasteiger partial charge in [0.15, 0.2) is 0 Å². The monoisotopic (exact) mass is 867 g/mol. The second-order valence-electron chi connectivity index (χ2n) is 18.2. The zero-order valence-electron chi connectivity index (χ0n) is 39.2. The summed E-state index contributed by atoms with van der Waals surface area (Å²) in [4.78, 5) is 37.4. The number of nitriles is 1. The van der Waals surface area contributed by atoms with Crippen molar-refractivity contribution in [1.29, 1.82) is 5.26 Å². The molecule has 346 valence electrons. The van der Waals surface area contributed by atoms with Crippen LogP contribution in [0.1, 0.15) is 187 Å². The molecule has 63 heavy (non-hydrogen) atoms. The Morgan fingerprint density at radius 3 is 1.90 bits per heavy atom. The van der Waals surface area contributed by atoms with Crippen molar-refractivity contribution in [3.63, 3.8) is 0 Å². The van der Waals surface area contributed by atoms with Crippen LogP contribution < -0.4 is 15.5 Å². The van der Waals surface area contributed by atoms with E-state index in [1.165, 1.54) is 90.4 Å². The van der Waals surface area contributed by atoms with Gasteiger partial charge in [0, 0.05) is 48.2 Å². The molecule has 1 heterocycles. The second kappa shape index (κ2) is 27.9. The third-order valence-corrected chi connectivity index (χ3v) is 12.5. The fourth-order valence-corrected chi connectivity index (χ4v) is 9.05. The SMILES string of the molecule is CCCCCCCCCCCC1(CCCCCCCCCC)\C(=C/C=C(C#N)/C=C/CC(C)(C)c2cc(NC(C)=O)ccc2NCCC(=O)O)N(CCC(=O)O)c2ccc(O)cc21. The summed E-state index contributed by atoms with van der Waals surface area (Å²) in [5.41, 5.74) is 4.79. The molecule has 0 radical (unpaired) electrons. The van der Waals surface area contributed by atoms with Gasteiger partial charge in [0.2, 0.25) is 5.91 Å². The number of carboxylic acid groups (broad SMARTS) is 2. The predicted molar refractivity (Wildman–Crippen MR) is 259 cm³/mol. The maximum atomic E-state index is 12.1. The van der Waals surface area contributed by atoms with E-state index < -0.39 is 22.8 Å². The smallest absolute Gasteiger partial charge is 0.305 e. The van der Waals surface area contributed by atoms with Gasteiger partial charge in [0.25, 0.3) is 0 Å². The van der Waals surface area contributed by atoms with Gasteiger partial charge in [0.05, 0.1) is 24.5 Å².